The van der Waals surface area contributed by atoms with E-state index in [-0.39, 0.29) is 5.41 Å². The van der Waals surface area contributed by atoms with E-state index in [2.05, 4.69) is 53.7 Å². The Hall–Kier alpha value is -0.840. The first-order chi connectivity index (χ1) is 9.08. The SMILES string of the molecule is CN1CCNC(CCNCC(C)(C)c2cc[nH]c2)C1. The lowest BCUT2D eigenvalue weighted by molar-refractivity contribution is 0.230. The van der Waals surface area contributed by atoms with Crippen molar-refractivity contribution in [3.05, 3.63) is 24.0 Å². The topological polar surface area (TPSA) is 43.1 Å². The van der Waals surface area contributed by atoms with Crippen LogP contribution in [0.1, 0.15) is 25.8 Å². The predicted molar refractivity (Wildman–Crippen MR) is 80.6 cm³/mol. The van der Waals surface area contributed by atoms with Crippen LogP contribution in [0.3, 0.4) is 0 Å². The van der Waals surface area contributed by atoms with Crippen molar-refractivity contribution in [3.63, 3.8) is 0 Å². The fourth-order valence-corrected chi connectivity index (χ4v) is 2.71. The molecular formula is C15H28N4. The zero-order valence-corrected chi connectivity index (χ0v) is 12.5. The third-order valence-electron chi connectivity index (χ3n) is 4.07. The molecule has 0 saturated carbocycles. The monoisotopic (exact) mass is 264 g/mol. The average molecular weight is 264 g/mol. The van der Waals surface area contributed by atoms with Gasteiger partial charge in [-0.3, -0.25) is 0 Å². The summed E-state index contributed by atoms with van der Waals surface area (Å²) in [6.45, 7) is 10.1. The number of hydrogen-bond acceptors (Lipinski definition) is 3. The molecule has 0 spiro atoms. The van der Waals surface area contributed by atoms with Gasteiger partial charge in [0.1, 0.15) is 0 Å². The molecule has 1 aliphatic heterocycles. The van der Waals surface area contributed by atoms with E-state index in [0.717, 1.165) is 19.6 Å². The maximum absolute atomic E-state index is 3.60. The number of aromatic amines is 1. The standard InChI is InChI=1S/C15H28N4/c1-15(2,13-4-6-16-10-13)12-17-7-5-14-11-19(3)9-8-18-14/h4,6,10,14,16-18H,5,7-9,11-12H2,1-3H3. The number of piperazine rings is 1. The zero-order valence-electron chi connectivity index (χ0n) is 12.5. The second kappa shape index (κ2) is 6.55. The van der Waals surface area contributed by atoms with Crippen LogP contribution in [-0.4, -0.2) is 55.7 Å². The maximum Gasteiger partial charge on any atom is 0.0207 e. The lowest BCUT2D eigenvalue weighted by atomic mass is 9.86. The van der Waals surface area contributed by atoms with E-state index in [1.54, 1.807) is 0 Å². The molecule has 1 aliphatic rings. The number of likely N-dealkylation sites (N-methyl/N-ethyl adjacent to an activating group) is 1. The Morgan fingerprint density at radius 2 is 2.32 bits per heavy atom. The van der Waals surface area contributed by atoms with E-state index in [9.17, 15) is 0 Å². The smallest absolute Gasteiger partial charge is 0.0207 e. The maximum atomic E-state index is 3.60. The van der Waals surface area contributed by atoms with Crippen molar-refractivity contribution in [3.8, 4) is 0 Å². The van der Waals surface area contributed by atoms with Gasteiger partial charge in [0, 0.05) is 50.0 Å². The van der Waals surface area contributed by atoms with Gasteiger partial charge in [-0.1, -0.05) is 13.8 Å². The predicted octanol–water partition coefficient (Wildman–Crippen LogP) is 1.18. The molecule has 0 bridgehead atoms. The molecule has 1 saturated heterocycles. The van der Waals surface area contributed by atoms with Gasteiger partial charge in [0.25, 0.3) is 0 Å². The number of H-pyrrole nitrogens is 1. The summed E-state index contributed by atoms with van der Waals surface area (Å²) in [5, 5.41) is 7.19. The second-order valence-corrected chi connectivity index (χ2v) is 6.36. The lowest BCUT2D eigenvalue weighted by Crippen LogP contribution is -2.50. The summed E-state index contributed by atoms with van der Waals surface area (Å²) in [6.07, 6.45) is 5.30. The molecule has 19 heavy (non-hydrogen) atoms. The number of nitrogens with zero attached hydrogens (tertiary/aromatic N) is 1. The lowest BCUT2D eigenvalue weighted by Gasteiger charge is -2.31. The Bertz CT molecular complexity index is 358. The van der Waals surface area contributed by atoms with Crippen LogP contribution in [0.15, 0.2) is 18.5 Å². The molecular weight excluding hydrogens is 236 g/mol. The highest BCUT2D eigenvalue weighted by molar-refractivity contribution is 5.20. The van der Waals surface area contributed by atoms with Crippen molar-refractivity contribution < 1.29 is 0 Å². The van der Waals surface area contributed by atoms with Crippen LogP contribution >= 0.6 is 0 Å². The molecule has 1 fully saturated rings. The first kappa shape index (κ1) is 14.6. The van der Waals surface area contributed by atoms with E-state index >= 15 is 0 Å². The second-order valence-electron chi connectivity index (χ2n) is 6.36. The number of nitrogens with one attached hydrogen (secondary N) is 3. The minimum atomic E-state index is 0.191. The normalized spacial score (nSPS) is 21.7. The number of hydrogen-bond donors (Lipinski definition) is 3. The van der Waals surface area contributed by atoms with E-state index < -0.39 is 0 Å². The molecule has 2 rings (SSSR count). The Balaban J connectivity index is 1.66. The highest BCUT2D eigenvalue weighted by Crippen LogP contribution is 2.21. The molecule has 1 unspecified atom stereocenters. The molecule has 108 valence electrons. The van der Waals surface area contributed by atoms with Gasteiger partial charge in [0.05, 0.1) is 0 Å². The van der Waals surface area contributed by atoms with Crippen molar-refractivity contribution in [2.45, 2.75) is 31.7 Å². The van der Waals surface area contributed by atoms with Crippen LogP contribution < -0.4 is 10.6 Å². The van der Waals surface area contributed by atoms with Crippen molar-refractivity contribution >= 4 is 0 Å². The van der Waals surface area contributed by atoms with Gasteiger partial charge in [-0.2, -0.15) is 0 Å². The van der Waals surface area contributed by atoms with Gasteiger partial charge in [-0.05, 0) is 31.6 Å². The van der Waals surface area contributed by atoms with Crippen molar-refractivity contribution in [2.24, 2.45) is 0 Å². The number of aromatic nitrogens is 1. The summed E-state index contributed by atoms with van der Waals surface area (Å²) < 4.78 is 0. The van der Waals surface area contributed by atoms with E-state index in [1.165, 1.54) is 25.1 Å². The summed E-state index contributed by atoms with van der Waals surface area (Å²) in [4.78, 5) is 5.55. The summed E-state index contributed by atoms with van der Waals surface area (Å²) in [5.41, 5.74) is 1.56. The van der Waals surface area contributed by atoms with Crippen LogP contribution in [0, 0.1) is 0 Å². The molecule has 4 nitrogen and oxygen atoms in total. The number of rotatable bonds is 6. The van der Waals surface area contributed by atoms with Crippen molar-refractivity contribution in [2.75, 3.05) is 39.8 Å². The Kier molecular flexibility index (Phi) is 5.02. The van der Waals surface area contributed by atoms with Crippen molar-refractivity contribution in [1.82, 2.24) is 20.5 Å². The van der Waals surface area contributed by atoms with Crippen LogP contribution in [-0.2, 0) is 5.41 Å². The first-order valence-electron chi connectivity index (χ1n) is 7.34. The average Bonchev–Trinajstić information content (AvgIpc) is 2.89. The largest absolute Gasteiger partial charge is 0.367 e. The molecule has 0 amide bonds. The first-order valence-corrected chi connectivity index (χ1v) is 7.34. The molecule has 4 heteroatoms. The molecule has 1 aromatic heterocycles. The Labute approximate surface area is 117 Å². The quantitative estimate of drug-likeness (QED) is 0.676. The van der Waals surface area contributed by atoms with Crippen LogP contribution in [0.4, 0.5) is 0 Å². The Morgan fingerprint density at radius 1 is 1.47 bits per heavy atom. The van der Waals surface area contributed by atoms with E-state index in [4.69, 9.17) is 0 Å². The van der Waals surface area contributed by atoms with Crippen LogP contribution in [0.25, 0.3) is 0 Å². The van der Waals surface area contributed by atoms with Gasteiger partial charge in [-0.15, -0.1) is 0 Å². The van der Waals surface area contributed by atoms with E-state index in [1.807, 2.05) is 6.20 Å². The van der Waals surface area contributed by atoms with Gasteiger partial charge in [0.2, 0.25) is 0 Å². The Morgan fingerprint density at radius 3 is 3.00 bits per heavy atom. The zero-order chi connectivity index (χ0) is 13.7. The highest BCUT2D eigenvalue weighted by atomic mass is 15.2. The van der Waals surface area contributed by atoms with Crippen molar-refractivity contribution in [1.29, 1.82) is 0 Å². The fourth-order valence-electron chi connectivity index (χ4n) is 2.71. The van der Waals surface area contributed by atoms with E-state index in [0.29, 0.717) is 6.04 Å². The summed E-state index contributed by atoms with van der Waals surface area (Å²) >= 11 is 0. The van der Waals surface area contributed by atoms with Gasteiger partial charge in [-0.25, -0.2) is 0 Å². The summed E-state index contributed by atoms with van der Waals surface area (Å²) in [7, 11) is 2.20. The third-order valence-corrected chi connectivity index (χ3v) is 4.07. The minimum absolute atomic E-state index is 0.191. The molecule has 0 radical (unpaired) electrons. The molecule has 1 atom stereocenters. The fraction of sp³-hybridized carbons (Fsp3) is 0.733. The molecule has 0 aliphatic carbocycles. The molecule has 2 heterocycles. The third kappa shape index (κ3) is 4.34. The molecule has 3 N–H and O–H groups in total. The van der Waals surface area contributed by atoms with Gasteiger partial charge >= 0.3 is 0 Å². The van der Waals surface area contributed by atoms with Gasteiger partial charge in [0.15, 0.2) is 0 Å². The van der Waals surface area contributed by atoms with Crippen LogP contribution in [0.2, 0.25) is 0 Å². The molecule has 0 aromatic carbocycles. The molecule has 1 aromatic rings. The minimum Gasteiger partial charge on any atom is -0.367 e. The highest BCUT2D eigenvalue weighted by Gasteiger charge is 2.21. The summed E-state index contributed by atoms with van der Waals surface area (Å²) in [6, 6.07) is 2.81. The van der Waals surface area contributed by atoms with Crippen LogP contribution in [0.5, 0.6) is 0 Å². The van der Waals surface area contributed by atoms with Gasteiger partial charge < -0.3 is 20.5 Å². The summed E-state index contributed by atoms with van der Waals surface area (Å²) in [5.74, 6) is 0.